The van der Waals surface area contributed by atoms with E-state index in [1.54, 1.807) is 0 Å². The molecule has 0 amide bonds. The van der Waals surface area contributed by atoms with Crippen molar-refractivity contribution < 1.29 is 0 Å². The third-order valence-corrected chi connectivity index (χ3v) is 10.8. The lowest BCUT2D eigenvalue weighted by molar-refractivity contribution is 0.990. The molecule has 4 heteroatoms. The van der Waals surface area contributed by atoms with Crippen molar-refractivity contribution >= 4 is 54.4 Å². The Hall–Kier alpha value is -7.30. The zero-order valence-corrected chi connectivity index (χ0v) is 29.3. The summed E-state index contributed by atoms with van der Waals surface area (Å²) in [6.07, 6.45) is 3.93. The number of para-hydroxylation sites is 2. The fraction of sp³-hybridized carbons (Fsp3) is 0. The van der Waals surface area contributed by atoms with Crippen LogP contribution in [0.4, 0.5) is 0 Å². The standard InChI is InChI=1S/C50H32N4/c1-4-14-33(15-5-1)37-24-38(34-16-6-2-7-17-34)26-39(25-37)40-31-51-50(52-32-40)54-46-23-13-12-22-42(46)44-29-48-45(30-49(44)54)43-27-35-18-10-11-19-36(35)28-47(43)53(48)41-20-8-3-9-21-41/h1-32H. The van der Waals surface area contributed by atoms with Crippen molar-refractivity contribution in [1.29, 1.82) is 0 Å². The Morgan fingerprint density at radius 3 is 1.41 bits per heavy atom. The second-order valence-electron chi connectivity index (χ2n) is 13.9. The molecule has 0 spiro atoms. The molecule has 252 valence electrons. The second kappa shape index (κ2) is 12.1. The summed E-state index contributed by atoms with van der Waals surface area (Å²) in [5.41, 5.74) is 12.4. The predicted octanol–water partition coefficient (Wildman–Crippen LogP) is 12.8. The highest BCUT2D eigenvalue weighted by molar-refractivity contribution is 6.20. The summed E-state index contributed by atoms with van der Waals surface area (Å²) < 4.78 is 4.62. The van der Waals surface area contributed by atoms with Gasteiger partial charge in [0.2, 0.25) is 5.95 Å². The highest BCUT2D eigenvalue weighted by Crippen LogP contribution is 2.41. The van der Waals surface area contributed by atoms with Gasteiger partial charge < -0.3 is 4.57 Å². The number of benzene rings is 8. The summed E-state index contributed by atoms with van der Waals surface area (Å²) in [5.74, 6) is 0.643. The van der Waals surface area contributed by atoms with Crippen LogP contribution >= 0.6 is 0 Å². The van der Waals surface area contributed by atoms with E-state index >= 15 is 0 Å². The van der Waals surface area contributed by atoms with Crippen LogP contribution in [0.25, 0.3) is 99.4 Å². The van der Waals surface area contributed by atoms with E-state index in [1.807, 2.05) is 12.4 Å². The molecule has 54 heavy (non-hydrogen) atoms. The first-order valence-corrected chi connectivity index (χ1v) is 18.3. The summed E-state index contributed by atoms with van der Waals surface area (Å²) in [5, 5.41) is 7.19. The van der Waals surface area contributed by atoms with Gasteiger partial charge in [0, 0.05) is 45.2 Å². The van der Waals surface area contributed by atoms with Gasteiger partial charge in [-0.25, -0.2) is 9.97 Å². The third-order valence-electron chi connectivity index (χ3n) is 10.8. The van der Waals surface area contributed by atoms with Gasteiger partial charge in [-0.05, 0) is 99.3 Å². The van der Waals surface area contributed by atoms with Crippen molar-refractivity contribution in [3.05, 3.63) is 194 Å². The number of rotatable bonds is 5. The monoisotopic (exact) mass is 688 g/mol. The molecule has 11 aromatic rings. The molecule has 0 atom stereocenters. The SMILES string of the molecule is c1ccc(-c2cc(-c3ccccc3)cc(-c3cnc(-n4c5ccccc5c5cc6c(cc54)c4cc5ccccc5cc4n6-c4ccccc4)nc3)c2)cc1. The Balaban J connectivity index is 1.12. The van der Waals surface area contributed by atoms with E-state index in [-0.39, 0.29) is 0 Å². The van der Waals surface area contributed by atoms with Gasteiger partial charge in [-0.2, -0.15) is 0 Å². The van der Waals surface area contributed by atoms with E-state index in [1.165, 1.54) is 54.5 Å². The van der Waals surface area contributed by atoms with Gasteiger partial charge in [0.25, 0.3) is 0 Å². The quantitative estimate of drug-likeness (QED) is 0.180. The molecule has 0 fully saturated rings. The topological polar surface area (TPSA) is 35.6 Å². The maximum absolute atomic E-state index is 5.09. The number of aromatic nitrogens is 4. The molecule has 3 aromatic heterocycles. The molecule has 11 rings (SSSR count). The lowest BCUT2D eigenvalue weighted by Gasteiger charge is -2.12. The lowest BCUT2D eigenvalue weighted by atomic mass is 9.94. The van der Waals surface area contributed by atoms with Crippen LogP contribution in [0.15, 0.2) is 194 Å². The Labute approximate surface area is 311 Å². The summed E-state index contributed by atoms with van der Waals surface area (Å²) in [6, 6.07) is 65.1. The van der Waals surface area contributed by atoms with Crippen LogP contribution in [-0.4, -0.2) is 19.1 Å². The number of fused-ring (bicyclic) bond motifs is 7. The molecule has 0 bridgehead atoms. The van der Waals surface area contributed by atoms with E-state index in [9.17, 15) is 0 Å². The van der Waals surface area contributed by atoms with Crippen LogP contribution in [0.2, 0.25) is 0 Å². The molecule has 8 aromatic carbocycles. The van der Waals surface area contributed by atoms with Crippen molar-refractivity contribution in [3.63, 3.8) is 0 Å². The Morgan fingerprint density at radius 2 is 0.759 bits per heavy atom. The lowest BCUT2D eigenvalue weighted by Crippen LogP contribution is -2.01. The van der Waals surface area contributed by atoms with E-state index in [2.05, 4.69) is 191 Å². The fourth-order valence-corrected chi connectivity index (χ4v) is 8.21. The van der Waals surface area contributed by atoms with E-state index < -0.39 is 0 Å². The van der Waals surface area contributed by atoms with Crippen molar-refractivity contribution in [2.45, 2.75) is 0 Å². The van der Waals surface area contributed by atoms with Gasteiger partial charge in [0.1, 0.15) is 0 Å². The van der Waals surface area contributed by atoms with Crippen LogP contribution in [0.5, 0.6) is 0 Å². The number of hydrogen-bond acceptors (Lipinski definition) is 2. The third kappa shape index (κ3) is 4.85. The van der Waals surface area contributed by atoms with E-state index in [4.69, 9.17) is 9.97 Å². The largest absolute Gasteiger partial charge is 0.309 e. The van der Waals surface area contributed by atoms with E-state index in [0.717, 1.165) is 39.0 Å². The smallest absolute Gasteiger partial charge is 0.234 e. The summed E-state index contributed by atoms with van der Waals surface area (Å²) in [7, 11) is 0. The number of hydrogen-bond donors (Lipinski definition) is 0. The van der Waals surface area contributed by atoms with E-state index in [0.29, 0.717) is 5.95 Å². The first kappa shape index (κ1) is 30.3. The van der Waals surface area contributed by atoms with Gasteiger partial charge in [0.15, 0.2) is 0 Å². The Kier molecular flexibility index (Phi) is 6.82. The predicted molar refractivity (Wildman–Crippen MR) is 225 cm³/mol. The highest BCUT2D eigenvalue weighted by atomic mass is 15.1. The molecule has 0 aliphatic heterocycles. The normalized spacial score (nSPS) is 11.7. The zero-order chi connectivity index (χ0) is 35.6. The Morgan fingerprint density at radius 1 is 0.296 bits per heavy atom. The molecule has 4 nitrogen and oxygen atoms in total. The first-order chi connectivity index (χ1) is 26.8. The van der Waals surface area contributed by atoms with Crippen molar-refractivity contribution in [1.82, 2.24) is 19.1 Å². The van der Waals surface area contributed by atoms with Gasteiger partial charge in [-0.1, -0.05) is 121 Å². The van der Waals surface area contributed by atoms with Gasteiger partial charge >= 0.3 is 0 Å². The molecule has 0 unspecified atom stereocenters. The second-order valence-corrected chi connectivity index (χ2v) is 13.9. The van der Waals surface area contributed by atoms with Crippen molar-refractivity contribution in [2.24, 2.45) is 0 Å². The average molecular weight is 689 g/mol. The summed E-state index contributed by atoms with van der Waals surface area (Å²) in [4.78, 5) is 10.2. The van der Waals surface area contributed by atoms with Gasteiger partial charge in [-0.15, -0.1) is 0 Å². The summed E-state index contributed by atoms with van der Waals surface area (Å²) >= 11 is 0. The van der Waals surface area contributed by atoms with Crippen LogP contribution in [0.1, 0.15) is 0 Å². The maximum atomic E-state index is 5.09. The average Bonchev–Trinajstić information content (AvgIpc) is 3.74. The zero-order valence-electron chi connectivity index (χ0n) is 29.3. The fourth-order valence-electron chi connectivity index (χ4n) is 8.21. The van der Waals surface area contributed by atoms with Crippen molar-refractivity contribution in [2.75, 3.05) is 0 Å². The minimum atomic E-state index is 0.643. The van der Waals surface area contributed by atoms with Gasteiger partial charge in [-0.3, -0.25) is 4.57 Å². The molecule has 0 saturated heterocycles. The maximum Gasteiger partial charge on any atom is 0.234 e. The highest BCUT2D eigenvalue weighted by Gasteiger charge is 2.20. The van der Waals surface area contributed by atoms with Crippen LogP contribution in [0.3, 0.4) is 0 Å². The Bertz CT molecular complexity index is 3120. The van der Waals surface area contributed by atoms with Crippen LogP contribution in [-0.2, 0) is 0 Å². The molecule has 3 heterocycles. The summed E-state index contributed by atoms with van der Waals surface area (Å²) in [6.45, 7) is 0. The molecule has 0 radical (unpaired) electrons. The van der Waals surface area contributed by atoms with Crippen LogP contribution < -0.4 is 0 Å². The van der Waals surface area contributed by atoms with Crippen molar-refractivity contribution in [3.8, 4) is 45.0 Å². The minimum Gasteiger partial charge on any atom is -0.309 e. The molecule has 0 N–H and O–H groups in total. The van der Waals surface area contributed by atoms with Gasteiger partial charge in [0.05, 0.1) is 22.1 Å². The number of nitrogens with zero attached hydrogens (tertiary/aromatic N) is 4. The molecule has 0 saturated carbocycles. The molecule has 0 aliphatic carbocycles. The molecular formula is C50H32N4. The molecule has 0 aliphatic rings. The molecular weight excluding hydrogens is 657 g/mol. The minimum absolute atomic E-state index is 0.643. The first-order valence-electron chi connectivity index (χ1n) is 18.3. The van der Waals surface area contributed by atoms with Crippen LogP contribution in [0, 0.1) is 0 Å².